The smallest absolute Gasteiger partial charge is 0.272 e. The zero-order valence-corrected chi connectivity index (χ0v) is 10.1. The van der Waals surface area contributed by atoms with Gasteiger partial charge in [0.2, 0.25) is 0 Å². The Morgan fingerprint density at radius 1 is 1.47 bits per heavy atom. The van der Waals surface area contributed by atoms with E-state index in [1.807, 2.05) is 12.3 Å². The molecule has 6 heteroatoms. The summed E-state index contributed by atoms with van der Waals surface area (Å²) in [7, 11) is 0. The van der Waals surface area contributed by atoms with Crippen LogP contribution < -0.4 is 11.1 Å². The third-order valence-electron chi connectivity index (χ3n) is 2.22. The number of thiazole rings is 1. The van der Waals surface area contributed by atoms with Crippen LogP contribution in [0.4, 0.5) is 5.69 Å². The molecule has 5 nitrogen and oxygen atoms in total. The Balaban J connectivity index is 2.10. The number of hydrogen-bond donors (Lipinski definition) is 2. The van der Waals surface area contributed by atoms with E-state index in [0.717, 1.165) is 5.01 Å². The van der Waals surface area contributed by atoms with Crippen LogP contribution in [0, 0.1) is 0 Å². The van der Waals surface area contributed by atoms with Crippen LogP contribution in [0.3, 0.4) is 0 Å². The van der Waals surface area contributed by atoms with Crippen molar-refractivity contribution in [2.75, 3.05) is 5.73 Å². The number of nitrogen functional groups attached to an aromatic ring is 1. The predicted molar refractivity (Wildman–Crippen MR) is 66.6 cm³/mol. The summed E-state index contributed by atoms with van der Waals surface area (Å²) in [6.45, 7) is 1.87. The number of carbonyl (C=O) groups is 1. The van der Waals surface area contributed by atoms with Gasteiger partial charge in [-0.15, -0.1) is 11.3 Å². The van der Waals surface area contributed by atoms with Crippen LogP contribution in [0.1, 0.15) is 28.5 Å². The van der Waals surface area contributed by atoms with Gasteiger partial charge in [0.1, 0.15) is 5.01 Å². The van der Waals surface area contributed by atoms with Crippen molar-refractivity contribution in [3.05, 3.63) is 40.6 Å². The average Bonchev–Trinajstić information content (AvgIpc) is 2.82. The first-order valence-electron chi connectivity index (χ1n) is 5.09. The second kappa shape index (κ2) is 4.92. The van der Waals surface area contributed by atoms with E-state index in [-0.39, 0.29) is 17.6 Å². The molecule has 0 saturated carbocycles. The number of nitrogens with two attached hydrogens (primary N) is 1. The number of carbonyl (C=O) groups excluding carboxylic acids is 1. The van der Waals surface area contributed by atoms with E-state index < -0.39 is 0 Å². The van der Waals surface area contributed by atoms with Gasteiger partial charge in [-0.2, -0.15) is 0 Å². The Morgan fingerprint density at radius 2 is 2.29 bits per heavy atom. The number of aromatic nitrogens is 2. The average molecular weight is 248 g/mol. The highest BCUT2D eigenvalue weighted by Crippen LogP contribution is 2.16. The van der Waals surface area contributed by atoms with Gasteiger partial charge < -0.3 is 11.1 Å². The maximum atomic E-state index is 11.9. The summed E-state index contributed by atoms with van der Waals surface area (Å²) in [6, 6.07) is 3.19. The van der Waals surface area contributed by atoms with Crippen molar-refractivity contribution in [1.82, 2.24) is 15.3 Å². The zero-order chi connectivity index (χ0) is 12.3. The molecule has 0 spiro atoms. The van der Waals surface area contributed by atoms with Crippen molar-refractivity contribution in [2.24, 2.45) is 0 Å². The monoisotopic (exact) mass is 248 g/mol. The van der Waals surface area contributed by atoms with Crippen molar-refractivity contribution in [3.8, 4) is 0 Å². The maximum absolute atomic E-state index is 11.9. The molecule has 0 aliphatic heterocycles. The molecule has 2 heterocycles. The van der Waals surface area contributed by atoms with Crippen LogP contribution in [0.2, 0.25) is 0 Å². The lowest BCUT2D eigenvalue weighted by Gasteiger charge is -2.11. The molecule has 2 aromatic rings. The van der Waals surface area contributed by atoms with Gasteiger partial charge in [-0.05, 0) is 19.1 Å². The molecular weight excluding hydrogens is 236 g/mol. The molecule has 88 valence electrons. The molecule has 0 aliphatic carbocycles. The van der Waals surface area contributed by atoms with E-state index in [4.69, 9.17) is 5.73 Å². The summed E-state index contributed by atoms with van der Waals surface area (Å²) in [5.41, 5.74) is 6.30. The van der Waals surface area contributed by atoms with E-state index in [0.29, 0.717) is 5.69 Å². The van der Waals surface area contributed by atoms with Gasteiger partial charge in [-0.1, -0.05) is 0 Å². The van der Waals surface area contributed by atoms with Crippen LogP contribution in [0.15, 0.2) is 29.9 Å². The largest absolute Gasteiger partial charge is 0.397 e. The lowest BCUT2D eigenvalue weighted by atomic mass is 10.2. The van der Waals surface area contributed by atoms with E-state index in [1.54, 1.807) is 24.5 Å². The fraction of sp³-hybridized carbons (Fsp3) is 0.182. The molecule has 3 N–H and O–H groups in total. The minimum atomic E-state index is -0.286. The second-order valence-corrected chi connectivity index (χ2v) is 4.43. The molecule has 1 atom stereocenters. The molecule has 17 heavy (non-hydrogen) atoms. The summed E-state index contributed by atoms with van der Waals surface area (Å²) in [6.07, 6.45) is 3.25. The quantitative estimate of drug-likeness (QED) is 0.864. The number of rotatable bonds is 3. The predicted octanol–water partition coefficient (Wildman–Crippen LogP) is 1.61. The molecule has 0 aliphatic rings. The zero-order valence-electron chi connectivity index (χ0n) is 9.25. The van der Waals surface area contributed by atoms with Crippen LogP contribution >= 0.6 is 11.3 Å². The standard InChI is InChI=1S/C11H12N4OS/c1-7(11-14-5-6-17-11)15-10(16)9-8(12)3-2-4-13-9/h2-7H,12H2,1H3,(H,15,16). The van der Waals surface area contributed by atoms with Gasteiger partial charge in [0.25, 0.3) is 5.91 Å². The first-order valence-corrected chi connectivity index (χ1v) is 5.97. The summed E-state index contributed by atoms with van der Waals surface area (Å²) < 4.78 is 0. The highest BCUT2D eigenvalue weighted by molar-refractivity contribution is 7.09. The van der Waals surface area contributed by atoms with E-state index in [2.05, 4.69) is 15.3 Å². The van der Waals surface area contributed by atoms with Gasteiger partial charge in [-0.3, -0.25) is 4.79 Å². The number of nitrogens with zero attached hydrogens (tertiary/aromatic N) is 2. The topological polar surface area (TPSA) is 80.9 Å². The number of pyridine rings is 1. The fourth-order valence-electron chi connectivity index (χ4n) is 1.38. The van der Waals surface area contributed by atoms with Crippen LogP contribution in [0.5, 0.6) is 0 Å². The van der Waals surface area contributed by atoms with Crippen molar-refractivity contribution < 1.29 is 4.79 Å². The summed E-state index contributed by atoms with van der Waals surface area (Å²) in [5.74, 6) is -0.286. The van der Waals surface area contributed by atoms with Crippen LogP contribution in [-0.4, -0.2) is 15.9 Å². The molecule has 1 amide bonds. The third kappa shape index (κ3) is 2.59. The second-order valence-electron chi connectivity index (χ2n) is 3.51. The normalized spacial score (nSPS) is 12.1. The number of hydrogen-bond acceptors (Lipinski definition) is 5. The lowest BCUT2D eigenvalue weighted by Crippen LogP contribution is -2.28. The molecule has 0 radical (unpaired) electrons. The Kier molecular flexibility index (Phi) is 3.34. The Morgan fingerprint density at radius 3 is 2.94 bits per heavy atom. The van der Waals surface area contributed by atoms with Crippen LogP contribution in [-0.2, 0) is 0 Å². The number of anilines is 1. The summed E-state index contributed by atoms with van der Waals surface area (Å²) in [5, 5.41) is 5.53. The van der Waals surface area contributed by atoms with Gasteiger partial charge in [0.05, 0.1) is 11.7 Å². The molecular formula is C11H12N4OS. The highest BCUT2D eigenvalue weighted by Gasteiger charge is 2.15. The van der Waals surface area contributed by atoms with E-state index in [9.17, 15) is 4.79 Å². The SMILES string of the molecule is CC(NC(=O)c1ncccc1N)c1nccs1. The van der Waals surface area contributed by atoms with E-state index >= 15 is 0 Å². The Bertz CT molecular complexity index is 512. The third-order valence-corrected chi connectivity index (χ3v) is 3.18. The highest BCUT2D eigenvalue weighted by atomic mass is 32.1. The summed E-state index contributed by atoms with van der Waals surface area (Å²) in [4.78, 5) is 20.0. The van der Waals surface area contributed by atoms with Crippen LogP contribution in [0.25, 0.3) is 0 Å². The number of amides is 1. The minimum absolute atomic E-state index is 0.149. The molecule has 2 rings (SSSR count). The Labute approximate surface area is 103 Å². The molecule has 0 fully saturated rings. The summed E-state index contributed by atoms with van der Waals surface area (Å²) >= 11 is 1.49. The minimum Gasteiger partial charge on any atom is -0.397 e. The van der Waals surface area contributed by atoms with Crippen molar-refractivity contribution >= 4 is 22.9 Å². The fourth-order valence-corrected chi connectivity index (χ4v) is 2.03. The van der Waals surface area contributed by atoms with Crippen molar-refractivity contribution in [1.29, 1.82) is 0 Å². The first-order chi connectivity index (χ1) is 8.18. The van der Waals surface area contributed by atoms with E-state index in [1.165, 1.54) is 11.3 Å². The molecule has 0 saturated heterocycles. The molecule has 2 aromatic heterocycles. The van der Waals surface area contributed by atoms with Crippen molar-refractivity contribution in [2.45, 2.75) is 13.0 Å². The first kappa shape index (κ1) is 11.5. The maximum Gasteiger partial charge on any atom is 0.272 e. The lowest BCUT2D eigenvalue weighted by molar-refractivity contribution is 0.0936. The van der Waals surface area contributed by atoms with Gasteiger partial charge in [0, 0.05) is 17.8 Å². The number of nitrogens with one attached hydrogen (secondary N) is 1. The van der Waals surface area contributed by atoms with Gasteiger partial charge in [-0.25, -0.2) is 9.97 Å². The van der Waals surface area contributed by atoms with Crippen molar-refractivity contribution in [3.63, 3.8) is 0 Å². The Hall–Kier alpha value is -1.95. The molecule has 0 aromatic carbocycles. The molecule has 1 unspecified atom stereocenters. The van der Waals surface area contributed by atoms with Gasteiger partial charge >= 0.3 is 0 Å². The molecule has 0 bridgehead atoms. The van der Waals surface area contributed by atoms with Gasteiger partial charge in [0.15, 0.2) is 5.69 Å².